The number of aromatic nitrogens is 1. The second-order valence-electron chi connectivity index (χ2n) is 11.1. The molecule has 0 spiro atoms. The Balaban J connectivity index is 1.73. The minimum absolute atomic E-state index is 0.0555. The first-order valence-corrected chi connectivity index (χ1v) is 13.8. The molecular weight excluding hydrogens is 488 g/mol. The van der Waals surface area contributed by atoms with Gasteiger partial charge in [-0.2, -0.15) is 0 Å². The van der Waals surface area contributed by atoms with Gasteiger partial charge in [0.05, 0.1) is 28.2 Å². The van der Waals surface area contributed by atoms with Gasteiger partial charge in [-0.15, -0.1) is 11.3 Å². The van der Waals surface area contributed by atoms with Crippen molar-refractivity contribution in [3.63, 3.8) is 0 Å². The smallest absolute Gasteiger partial charge is 0.246 e. The predicted molar refractivity (Wildman–Crippen MR) is 146 cm³/mol. The molecule has 1 aromatic heterocycles. The maximum atomic E-state index is 13.6. The molecule has 2 heterocycles. The van der Waals surface area contributed by atoms with Crippen LogP contribution >= 0.6 is 11.3 Å². The monoisotopic (exact) mass is 528 g/mol. The van der Waals surface area contributed by atoms with Crippen molar-refractivity contribution in [2.75, 3.05) is 6.54 Å². The van der Waals surface area contributed by atoms with Crippen LogP contribution in [0.2, 0.25) is 0 Å². The lowest BCUT2D eigenvalue weighted by molar-refractivity contribution is -0.144. The van der Waals surface area contributed by atoms with Gasteiger partial charge in [0, 0.05) is 18.9 Å². The van der Waals surface area contributed by atoms with E-state index in [2.05, 4.69) is 15.6 Å². The molecule has 0 aliphatic carbocycles. The lowest BCUT2D eigenvalue weighted by Crippen LogP contribution is -2.58. The maximum absolute atomic E-state index is 13.6. The van der Waals surface area contributed by atoms with E-state index in [9.17, 15) is 19.5 Å². The van der Waals surface area contributed by atoms with Crippen LogP contribution in [-0.4, -0.2) is 57.4 Å². The van der Waals surface area contributed by atoms with E-state index in [1.165, 1.54) is 4.90 Å². The van der Waals surface area contributed by atoms with Crippen LogP contribution in [0, 0.1) is 18.3 Å². The van der Waals surface area contributed by atoms with Gasteiger partial charge in [-0.25, -0.2) is 4.98 Å². The van der Waals surface area contributed by atoms with Gasteiger partial charge in [-0.3, -0.25) is 14.4 Å². The molecule has 0 saturated carbocycles. The van der Waals surface area contributed by atoms with E-state index in [0.717, 1.165) is 21.7 Å². The second kappa shape index (κ2) is 11.7. The molecule has 9 heteroatoms. The second-order valence-corrected chi connectivity index (χ2v) is 12.0. The Morgan fingerprint density at radius 2 is 1.81 bits per heavy atom. The van der Waals surface area contributed by atoms with Crippen LogP contribution in [0.4, 0.5) is 0 Å². The van der Waals surface area contributed by atoms with Crippen LogP contribution in [0.25, 0.3) is 10.4 Å². The lowest BCUT2D eigenvalue weighted by atomic mass is 9.85. The minimum atomic E-state index is -0.811. The number of carbonyl (C=O) groups excluding carboxylic acids is 3. The van der Waals surface area contributed by atoms with Gasteiger partial charge in [-0.1, -0.05) is 58.9 Å². The third kappa shape index (κ3) is 6.76. The summed E-state index contributed by atoms with van der Waals surface area (Å²) >= 11 is 1.59. The Bertz CT molecular complexity index is 1110. The molecule has 1 aliphatic rings. The zero-order valence-electron chi connectivity index (χ0n) is 22.9. The highest BCUT2D eigenvalue weighted by Crippen LogP contribution is 2.29. The molecule has 0 bridgehead atoms. The summed E-state index contributed by atoms with van der Waals surface area (Å²) in [5, 5.41) is 16.3. The maximum Gasteiger partial charge on any atom is 0.246 e. The van der Waals surface area contributed by atoms with Crippen molar-refractivity contribution < 1.29 is 19.5 Å². The van der Waals surface area contributed by atoms with Gasteiger partial charge in [0.1, 0.15) is 12.1 Å². The van der Waals surface area contributed by atoms with E-state index in [4.69, 9.17) is 0 Å². The molecule has 3 N–H and O–H groups in total. The molecule has 1 saturated heterocycles. The Hall–Kier alpha value is -2.78. The SMILES string of the molecule is CCC(C)C(=O)N[C@H](C(=O)N1C[C@H](O)C[C@H]1C(=O)N[C@@H](C)c1ccc(-c2scnc2C)cc1)C(C)(C)C. The molecule has 3 rings (SSSR count). The van der Waals surface area contributed by atoms with Crippen molar-refractivity contribution in [1.82, 2.24) is 20.5 Å². The summed E-state index contributed by atoms with van der Waals surface area (Å²) in [4.78, 5) is 46.5. The van der Waals surface area contributed by atoms with Gasteiger partial charge in [0.25, 0.3) is 0 Å². The zero-order chi connectivity index (χ0) is 27.5. The molecule has 2 aromatic rings. The summed E-state index contributed by atoms with van der Waals surface area (Å²) in [6.45, 7) is 13.3. The number of aliphatic hydroxyl groups excluding tert-OH is 1. The standard InChI is InChI=1S/C28H40N4O4S/c1-8-16(2)25(34)31-24(28(5,6)7)27(36)32-14-21(33)13-22(32)26(35)30-17(3)19-9-11-20(12-10-19)23-18(4)29-15-37-23/h9-12,15-17,21-22,24,33H,8,13-14H2,1-7H3,(H,30,35)(H,31,34)/t16?,17-,21+,22-,24+/m0/s1. The number of likely N-dealkylation sites (tertiary alicyclic amines) is 1. The van der Waals surface area contributed by atoms with Gasteiger partial charge in [0.2, 0.25) is 17.7 Å². The van der Waals surface area contributed by atoms with Crippen LogP contribution < -0.4 is 10.6 Å². The highest BCUT2D eigenvalue weighted by atomic mass is 32.1. The Morgan fingerprint density at radius 1 is 1.16 bits per heavy atom. The van der Waals surface area contributed by atoms with Gasteiger partial charge in [-0.05, 0) is 36.8 Å². The molecule has 1 fully saturated rings. The topological polar surface area (TPSA) is 112 Å². The molecular formula is C28H40N4O4S. The molecule has 0 radical (unpaired) electrons. The Morgan fingerprint density at radius 3 is 2.35 bits per heavy atom. The third-order valence-corrected chi connectivity index (χ3v) is 8.08. The van der Waals surface area contributed by atoms with Crippen LogP contribution in [0.5, 0.6) is 0 Å². The first-order valence-electron chi connectivity index (χ1n) is 12.9. The zero-order valence-corrected chi connectivity index (χ0v) is 23.7. The first kappa shape index (κ1) is 28.8. The summed E-state index contributed by atoms with van der Waals surface area (Å²) in [6.07, 6.45) is 0.0136. The molecule has 3 amide bonds. The van der Waals surface area contributed by atoms with E-state index in [-0.39, 0.29) is 42.6 Å². The minimum Gasteiger partial charge on any atom is -0.391 e. The average Bonchev–Trinajstić information content (AvgIpc) is 3.46. The number of thiazole rings is 1. The van der Waals surface area contributed by atoms with Crippen LogP contribution in [0.3, 0.4) is 0 Å². The van der Waals surface area contributed by atoms with Crippen molar-refractivity contribution in [1.29, 1.82) is 0 Å². The number of hydrogen-bond donors (Lipinski definition) is 3. The molecule has 5 atom stereocenters. The molecule has 202 valence electrons. The number of aryl methyl sites for hydroxylation is 1. The highest BCUT2D eigenvalue weighted by Gasteiger charge is 2.44. The van der Waals surface area contributed by atoms with Crippen LogP contribution in [0.15, 0.2) is 29.8 Å². The van der Waals surface area contributed by atoms with E-state index >= 15 is 0 Å². The van der Waals surface area contributed by atoms with Gasteiger partial charge < -0.3 is 20.6 Å². The Labute approximate surface area is 223 Å². The van der Waals surface area contributed by atoms with Gasteiger partial charge in [0.15, 0.2) is 0 Å². The quantitative estimate of drug-likeness (QED) is 0.482. The number of nitrogens with zero attached hydrogens (tertiary/aromatic N) is 2. The lowest BCUT2D eigenvalue weighted by Gasteiger charge is -2.36. The van der Waals surface area contributed by atoms with E-state index in [1.807, 2.05) is 78.2 Å². The first-order chi connectivity index (χ1) is 17.3. The number of carbonyl (C=O) groups is 3. The normalized spacial score (nSPS) is 20.3. The summed E-state index contributed by atoms with van der Waals surface area (Å²) in [5.41, 5.74) is 4.25. The summed E-state index contributed by atoms with van der Waals surface area (Å²) in [6, 6.07) is 6.08. The number of amides is 3. The summed E-state index contributed by atoms with van der Waals surface area (Å²) in [7, 11) is 0. The Kier molecular flexibility index (Phi) is 9.13. The number of rotatable bonds is 8. The van der Waals surface area contributed by atoms with Crippen molar-refractivity contribution in [2.45, 2.75) is 85.5 Å². The number of β-amino-alcohol motifs (C(OH)–C–C–N with tert-alkyl or cyclic N) is 1. The molecule has 37 heavy (non-hydrogen) atoms. The van der Waals surface area contributed by atoms with E-state index in [1.54, 1.807) is 11.3 Å². The summed E-state index contributed by atoms with van der Waals surface area (Å²) < 4.78 is 0. The number of hydrogen-bond acceptors (Lipinski definition) is 6. The van der Waals surface area contributed by atoms with Crippen molar-refractivity contribution in [3.8, 4) is 10.4 Å². The molecule has 1 aromatic carbocycles. The third-order valence-electron chi connectivity index (χ3n) is 7.10. The molecule has 8 nitrogen and oxygen atoms in total. The fourth-order valence-electron chi connectivity index (χ4n) is 4.49. The number of aliphatic hydroxyl groups is 1. The molecule has 1 unspecified atom stereocenters. The van der Waals surface area contributed by atoms with Crippen LogP contribution in [-0.2, 0) is 14.4 Å². The van der Waals surface area contributed by atoms with E-state index < -0.39 is 23.6 Å². The predicted octanol–water partition coefficient (Wildman–Crippen LogP) is 3.83. The van der Waals surface area contributed by atoms with Gasteiger partial charge >= 0.3 is 0 Å². The summed E-state index contributed by atoms with van der Waals surface area (Å²) in [5.74, 6) is -1.09. The average molecular weight is 529 g/mol. The number of nitrogens with one attached hydrogen (secondary N) is 2. The largest absolute Gasteiger partial charge is 0.391 e. The fourth-order valence-corrected chi connectivity index (χ4v) is 5.30. The van der Waals surface area contributed by atoms with Crippen LogP contribution in [0.1, 0.15) is 71.7 Å². The van der Waals surface area contributed by atoms with E-state index in [0.29, 0.717) is 6.42 Å². The fraction of sp³-hybridized carbons (Fsp3) is 0.571. The van der Waals surface area contributed by atoms with Crippen molar-refractivity contribution in [3.05, 3.63) is 41.0 Å². The number of benzene rings is 1. The molecule has 1 aliphatic heterocycles. The van der Waals surface area contributed by atoms with Crippen molar-refractivity contribution in [2.24, 2.45) is 11.3 Å². The highest BCUT2D eigenvalue weighted by molar-refractivity contribution is 7.13. The van der Waals surface area contributed by atoms with Crippen molar-refractivity contribution >= 4 is 29.1 Å².